The lowest BCUT2D eigenvalue weighted by Crippen LogP contribution is -2.44. The highest BCUT2D eigenvalue weighted by Gasteiger charge is 2.25. The molecular formula is C18H29N3O5S. The Kier molecular flexibility index (Phi) is 7.07. The summed E-state index contributed by atoms with van der Waals surface area (Å²) in [6, 6.07) is 4.78. The lowest BCUT2D eigenvalue weighted by atomic mass is 10.0. The maximum Gasteiger partial charge on any atom is 0.257 e. The zero-order valence-electron chi connectivity index (χ0n) is 16.5. The van der Waals surface area contributed by atoms with Crippen molar-refractivity contribution < 1.29 is 22.7 Å². The topological polar surface area (TPSA) is 97.0 Å². The molecule has 27 heavy (non-hydrogen) atoms. The number of sulfonamides is 1. The van der Waals surface area contributed by atoms with E-state index in [1.165, 1.54) is 6.07 Å². The molecule has 8 nitrogen and oxygen atoms in total. The number of amides is 1. The van der Waals surface area contributed by atoms with Gasteiger partial charge in [0.15, 0.2) is 0 Å². The van der Waals surface area contributed by atoms with Gasteiger partial charge in [-0.1, -0.05) is 6.92 Å². The predicted molar refractivity (Wildman–Crippen MR) is 105 cm³/mol. The fourth-order valence-electron chi connectivity index (χ4n) is 2.94. The van der Waals surface area contributed by atoms with Crippen molar-refractivity contribution in [3.8, 4) is 5.75 Å². The molecule has 1 aromatic rings. The zero-order chi connectivity index (χ0) is 20.2. The lowest BCUT2D eigenvalue weighted by Gasteiger charge is -2.30. The Morgan fingerprint density at radius 2 is 2.04 bits per heavy atom. The largest absolute Gasteiger partial charge is 0.491 e. The highest BCUT2D eigenvalue weighted by Crippen LogP contribution is 2.26. The van der Waals surface area contributed by atoms with Crippen molar-refractivity contribution in [2.75, 3.05) is 44.8 Å². The summed E-state index contributed by atoms with van der Waals surface area (Å²) < 4.78 is 36.9. The zero-order valence-corrected chi connectivity index (χ0v) is 17.3. The summed E-state index contributed by atoms with van der Waals surface area (Å²) in [5.41, 5.74) is 0.623. The van der Waals surface area contributed by atoms with Crippen LogP contribution in [0.2, 0.25) is 0 Å². The monoisotopic (exact) mass is 399 g/mol. The standard InChI is InChI=1S/C18H29N3O5S/c1-12-9-19-13(2)11-26-16-7-6-14(20-27(5,23)24)8-15(16)18(22)21(3)10-17(12)25-4/h6-8,12-13,17,19-20H,9-11H2,1-5H3/t12-,13+,17-/m1/s1. The molecule has 152 valence electrons. The van der Waals surface area contributed by atoms with E-state index in [1.807, 2.05) is 6.92 Å². The molecule has 3 atom stereocenters. The summed E-state index contributed by atoms with van der Waals surface area (Å²) >= 11 is 0. The number of carbonyl (C=O) groups excluding carboxylic acids is 1. The van der Waals surface area contributed by atoms with Crippen molar-refractivity contribution in [3.05, 3.63) is 23.8 Å². The van der Waals surface area contributed by atoms with Crippen LogP contribution in [0.4, 0.5) is 5.69 Å². The number of benzene rings is 1. The van der Waals surface area contributed by atoms with Crippen molar-refractivity contribution in [1.82, 2.24) is 10.2 Å². The van der Waals surface area contributed by atoms with Gasteiger partial charge < -0.3 is 19.7 Å². The van der Waals surface area contributed by atoms with Gasteiger partial charge >= 0.3 is 0 Å². The highest BCUT2D eigenvalue weighted by atomic mass is 32.2. The third-order valence-electron chi connectivity index (χ3n) is 4.53. The molecule has 0 saturated heterocycles. The van der Waals surface area contributed by atoms with Crippen LogP contribution in [-0.2, 0) is 14.8 Å². The first-order chi connectivity index (χ1) is 12.6. The van der Waals surface area contributed by atoms with Crippen molar-refractivity contribution in [2.24, 2.45) is 5.92 Å². The SMILES string of the molecule is CO[C@@H]1CN(C)C(=O)c2cc(NS(C)(=O)=O)ccc2OC[C@H](C)NC[C@H]1C. The molecule has 0 fully saturated rings. The molecule has 0 aliphatic carbocycles. The minimum Gasteiger partial charge on any atom is -0.491 e. The quantitative estimate of drug-likeness (QED) is 0.792. The first kappa shape index (κ1) is 21.5. The van der Waals surface area contributed by atoms with Gasteiger partial charge in [0.2, 0.25) is 10.0 Å². The number of fused-ring (bicyclic) bond motifs is 1. The molecule has 0 unspecified atom stereocenters. The van der Waals surface area contributed by atoms with Crippen LogP contribution in [0.15, 0.2) is 18.2 Å². The van der Waals surface area contributed by atoms with Crippen LogP contribution in [0.3, 0.4) is 0 Å². The number of anilines is 1. The lowest BCUT2D eigenvalue weighted by molar-refractivity contribution is 0.0281. The van der Waals surface area contributed by atoms with Crippen molar-refractivity contribution in [1.29, 1.82) is 0 Å². The van der Waals surface area contributed by atoms with Crippen LogP contribution < -0.4 is 14.8 Å². The third kappa shape index (κ3) is 6.08. The molecule has 0 spiro atoms. The Morgan fingerprint density at radius 1 is 1.33 bits per heavy atom. The summed E-state index contributed by atoms with van der Waals surface area (Å²) in [6.45, 7) is 5.62. The molecule has 1 amide bonds. The number of rotatable bonds is 3. The van der Waals surface area contributed by atoms with Crippen LogP contribution >= 0.6 is 0 Å². The predicted octanol–water partition coefficient (Wildman–Crippen LogP) is 1.15. The second-order valence-corrected chi connectivity index (χ2v) is 8.89. The van der Waals surface area contributed by atoms with E-state index >= 15 is 0 Å². The Balaban J connectivity index is 2.40. The minimum absolute atomic E-state index is 0.0823. The molecule has 1 heterocycles. The first-order valence-electron chi connectivity index (χ1n) is 8.87. The van der Waals surface area contributed by atoms with Gasteiger partial charge in [-0.3, -0.25) is 9.52 Å². The molecule has 1 aliphatic heterocycles. The van der Waals surface area contributed by atoms with Gasteiger partial charge in [0.1, 0.15) is 12.4 Å². The molecule has 2 N–H and O–H groups in total. The van der Waals surface area contributed by atoms with Crippen molar-refractivity contribution in [2.45, 2.75) is 26.0 Å². The molecule has 0 aromatic heterocycles. The van der Waals surface area contributed by atoms with Gasteiger partial charge in [0.05, 0.1) is 17.9 Å². The van der Waals surface area contributed by atoms with Crippen LogP contribution in [0.5, 0.6) is 5.75 Å². The summed E-state index contributed by atoms with van der Waals surface area (Å²) in [6.07, 6.45) is 0.939. The molecule has 1 aliphatic rings. The minimum atomic E-state index is -3.45. The van der Waals surface area contributed by atoms with E-state index in [0.29, 0.717) is 30.2 Å². The maximum atomic E-state index is 13.0. The normalized spacial score (nSPS) is 25.0. The summed E-state index contributed by atoms with van der Waals surface area (Å²) in [5, 5.41) is 3.41. The number of hydrogen-bond donors (Lipinski definition) is 2. The summed E-state index contributed by atoms with van der Waals surface area (Å²) in [7, 11) is -0.113. The molecule has 9 heteroatoms. The number of nitrogens with zero attached hydrogens (tertiary/aromatic N) is 1. The van der Waals surface area contributed by atoms with Crippen LogP contribution in [0.1, 0.15) is 24.2 Å². The van der Waals surface area contributed by atoms with E-state index < -0.39 is 10.0 Å². The average Bonchev–Trinajstić information content (AvgIpc) is 2.60. The van der Waals surface area contributed by atoms with E-state index in [4.69, 9.17) is 9.47 Å². The maximum absolute atomic E-state index is 13.0. The summed E-state index contributed by atoms with van der Waals surface area (Å²) in [4.78, 5) is 14.6. The van der Waals surface area contributed by atoms with Gasteiger partial charge in [0.25, 0.3) is 5.91 Å². The molecule has 2 rings (SSSR count). The van der Waals surface area contributed by atoms with Gasteiger partial charge in [-0.2, -0.15) is 0 Å². The van der Waals surface area contributed by atoms with E-state index in [0.717, 1.165) is 12.8 Å². The molecule has 0 radical (unpaired) electrons. The van der Waals surface area contributed by atoms with Crippen LogP contribution in [-0.4, -0.2) is 71.5 Å². The van der Waals surface area contributed by atoms with E-state index in [2.05, 4.69) is 17.0 Å². The van der Waals surface area contributed by atoms with E-state index in [1.54, 1.807) is 31.2 Å². The second-order valence-electron chi connectivity index (χ2n) is 7.14. The Hall–Kier alpha value is -1.84. The van der Waals surface area contributed by atoms with Crippen LogP contribution in [0.25, 0.3) is 0 Å². The number of likely N-dealkylation sites (N-methyl/N-ethyl adjacent to an activating group) is 1. The average molecular weight is 400 g/mol. The van der Waals surface area contributed by atoms with Crippen molar-refractivity contribution in [3.63, 3.8) is 0 Å². The molecule has 0 saturated carbocycles. The Morgan fingerprint density at radius 3 is 2.67 bits per heavy atom. The highest BCUT2D eigenvalue weighted by molar-refractivity contribution is 7.92. The van der Waals surface area contributed by atoms with E-state index in [9.17, 15) is 13.2 Å². The molecule has 0 bridgehead atoms. The number of methoxy groups -OCH3 is 1. The number of carbonyl (C=O) groups is 1. The van der Waals surface area contributed by atoms with Gasteiger partial charge in [0, 0.05) is 39.0 Å². The molecular weight excluding hydrogens is 370 g/mol. The summed E-state index contributed by atoms with van der Waals surface area (Å²) in [5.74, 6) is 0.365. The third-order valence-corrected chi connectivity index (χ3v) is 5.13. The number of nitrogens with one attached hydrogen (secondary N) is 2. The van der Waals surface area contributed by atoms with Crippen molar-refractivity contribution >= 4 is 21.6 Å². The number of ether oxygens (including phenoxy) is 2. The second kappa shape index (κ2) is 8.90. The Bertz CT molecular complexity index is 768. The molecule has 1 aromatic carbocycles. The van der Waals surface area contributed by atoms with Crippen LogP contribution in [0, 0.1) is 5.92 Å². The smallest absolute Gasteiger partial charge is 0.257 e. The Labute approximate surface area is 161 Å². The van der Waals surface area contributed by atoms with E-state index in [-0.39, 0.29) is 24.0 Å². The van der Waals surface area contributed by atoms with Gasteiger partial charge in [-0.05, 0) is 31.0 Å². The fraction of sp³-hybridized carbons (Fsp3) is 0.611. The number of hydrogen-bond acceptors (Lipinski definition) is 6. The van der Waals surface area contributed by atoms with Gasteiger partial charge in [-0.15, -0.1) is 0 Å². The first-order valence-corrected chi connectivity index (χ1v) is 10.8. The fourth-order valence-corrected chi connectivity index (χ4v) is 3.49. The van der Waals surface area contributed by atoms with Gasteiger partial charge in [-0.25, -0.2) is 8.42 Å².